The SMILES string of the molecule is Cc1cnc(C(C)NC(=O)c2cc(C)c(C#CCO)s2)o1. The predicted octanol–water partition coefficient (Wildman–Crippen LogP) is 2.19. The van der Waals surface area contributed by atoms with E-state index >= 15 is 0 Å². The quantitative estimate of drug-likeness (QED) is 0.852. The van der Waals surface area contributed by atoms with Crippen molar-refractivity contribution in [2.45, 2.75) is 26.8 Å². The molecule has 5 nitrogen and oxygen atoms in total. The number of aromatic nitrogens is 1. The van der Waals surface area contributed by atoms with Gasteiger partial charge in [0.15, 0.2) is 0 Å². The summed E-state index contributed by atoms with van der Waals surface area (Å²) in [7, 11) is 0. The summed E-state index contributed by atoms with van der Waals surface area (Å²) in [5.74, 6) is 6.42. The first-order valence-corrected chi connectivity index (χ1v) is 7.26. The van der Waals surface area contributed by atoms with Gasteiger partial charge in [-0.05, 0) is 32.4 Å². The zero-order chi connectivity index (χ0) is 15.4. The summed E-state index contributed by atoms with van der Waals surface area (Å²) in [4.78, 5) is 17.7. The lowest BCUT2D eigenvalue weighted by Gasteiger charge is -2.08. The van der Waals surface area contributed by atoms with Gasteiger partial charge in [0.05, 0.1) is 16.0 Å². The average molecular weight is 304 g/mol. The van der Waals surface area contributed by atoms with Gasteiger partial charge in [0.1, 0.15) is 18.4 Å². The van der Waals surface area contributed by atoms with Crippen molar-refractivity contribution in [2.24, 2.45) is 0 Å². The molecule has 0 spiro atoms. The molecule has 0 aromatic carbocycles. The van der Waals surface area contributed by atoms with Gasteiger partial charge in [-0.2, -0.15) is 0 Å². The number of nitrogens with one attached hydrogen (secondary N) is 1. The normalized spacial score (nSPS) is 11.6. The molecule has 0 radical (unpaired) electrons. The number of aliphatic hydroxyl groups is 1. The van der Waals surface area contributed by atoms with Crippen LogP contribution < -0.4 is 5.32 Å². The van der Waals surface area contributed by atoms with Crippen molar-refractivity contribution in [1.82, 2.24) is 10.3 Å². The van der Waals surface area contributed by atoms with E-state index in [9.17, 15) is 4.79 Å². The average Bonchev–Trinajstić information content (AvgIpc) is 3.03. The van der Waals surface area contributed by atoms with Gasteiger partial charge in [0, 0.05) is 0 Å². The van der Waals surface area contributed by atoms with E-state index in [1.165, 1.54) is 11.3 Å². The number of carbonyl (C=O) groups is 1. The molecule has 0 fully saturated rings. The maximum absolute atomic E-state index is 12.2. The Labute approximate surface area is 127 Å². The number of amides is 1. The molecule has 0 aliphatic carbocycles. The largest absolute Gasteiger partial charge is 0.444 e. The zero-order valence-corrected chi connectivity index (χ0v) is 12.9. The van der Waals surface area contributed by atoms with Crippen LogP contribution >= 0.6 is 11.3 Å². The second kappa shape index (κ2) is 6.57. The summed E-state index contributed by atoms with van der Waals surface area (Å²) >= 11 is 1.30. The number of aliphatic hydroxyl groups excluding tert-OH is 1. The number of hydrogen-bond donors (Lipinski definition) is 2. The van der Waals surface area contributed by atoms with Gasteiger partial charge in [-0.1, -0.05) is 11.8 Å². The lowest BCUT2D eigenvalue weighted by Crippen LogP contribution is -2.26. The van der Waals surface area contributed by atoms with Crippen molar-refractivity contribution >= 4 is 17.2 Å². The first kappa shape index (κ1) is 15.3. The van der Waals surface area contributed by atoms with Crippen molar-refractivity contribution in [3.8, 4) is 11.8 Å². The molecule has 6 heteroatoms. The maximum Gasteiger partial charge on any atom is 0.262 e. The molecular formula is C15H16N2O3S. The molecule has 1 unspecified atom stereocenters. The molecule has 1 atom stereocenters. The van der Waals surface area contributed by atoms with Gasteiger partial charge in [0.2, 0.25) is 5.89 Å². The molecule has 2 N–H and O–H groups in total. The standard InChI is InChI=1S/C15H16N2O3S/c1-9-7-13(21-12(9)5-4-6-18)14(19)17-11(3)15-16-8-10(2)20-15/h7-8,11,18H,6H2,1-3H3,(H,17,19). The molecule has 1 amide bonds. The molecule has 2 aromatic rings. The highest BCUT2D eigenvalue weighted by atomic mass is 32.1. The van der Waals surface area contributed by atoms with Gasteiger partial charge in [0.25, 0.3) is 5.91 Å². The van der Waals surface area contributed by atoms with Crippen molar-refractivity contribution in [2.75, 3.05) is 6.61 Å². The summed E-state index contributed by atoms with van der Waals surface area (Å²) in [6, 6.07) is 1.48. The third-order valence-corrected chi connectivity index (χ3v) is 3.93. The number of oxazole rings is 1. The first-order chi connectivity index (χ1) is 10.0. The van der Waals surface area contributed by atoms with E-state index in [2.05, 4.69) is 22.1 Å². The highest BCUT2D eigenvalue weighted by Gasteiger charge is 2.17. The van der Waals surface area contributed by atoms with E-state index < -0.39 is 0 Å². The van der Waals surface area contributed by atoms with Gasteiger partial charge < -0.3 is 14.8 Å². The van der Waals surface area contributed by atoms with E-state index in [0.717, 1.165) is 10.4 Å². The van der Waals surface area contributed by atoms with Crippen LogP contribution in [0.15, 0.2) is 16.7 Å². The van der Waals surface area contributed by atoms with E-state index in [0.29, 0.717) is 16.5 Å². The fourth-order valence-corrected chi connectivity index (χ4v) is 2.69. The molecule has 0 aliphatic heterocycles. The number of rotatable bonds is 3. The first-order valence-electron chi connectivity index (χ1n) is 6.44. The third-order valence-electron chi connectivity index (χ3n) is 2.78. The van der Waals surface area contributed by atoms with E-state index in [1.54, 1.807) is 19.2 Å². The predicted molar refractivity (Wildman–Crippen MR) is 80.1 cm³/mol. The summed E-state index contributed by atoms with van der Waals surface area (Å²) in [6.45, 7) is 5.31. The van der Waals surface area contributed by atoms with Crippen LogP contribution in [0.3, 0.4) is 0 Å². The van der Waals surface area contributed by atoms with Gasteiger partial charge >= 0.3 is 0 Å². The Balaban J connectivity index is 2.10. The molecule has 110 valence electrons. The van der Waals surface area contributed by atoms with Crippen molar-refractivity contribution < 1.29 is 14.3 Å². The van der Waals surface area contributed by atoms with E-state index in [4.69, 9.17) is 9.52 Å². The molecule has 2 rings (SSSR count). The summed E-state index contributed by atoms with van der Waals surface area (Å²) in [5, 5.41) is 11.6. The molecular weight excluding hydrogens is 288 g/mol. The highest BCUT2D eigenvalue weighted by Crippen LogP contribution is 2.22. The zero-order valence-electron chi connectivity index (χ0n) is 12.1. The molecule has 0 aliphatic rings. The van der Waals surface area contributed by atoms with Crippen molar-refractivity contribution in [3.63, 3.8) is 0 Å². The summed E-state index contributed by atoms with van der Waals surface area (Å²) < 4.78 is 5.39. The van der Waals surface area contributed by atoms with Crippen LogP contribution in [-0.2, 0) is 0 Å². The lowest BCUT2D eigenvalue weighted by atomic mass is 10.2. The van der Waals surface area contributed by atoms with Gasteiger partial charge in [-0.3, -0.25) is 4.79 Å². The Morgan fingerprint density at radius 3 is 2.95 bits per heavy atom. The number of carbonyl (C=O) groups excluding carboxylic acids is 1. The lowest BCUT2D eigenvalue weighted by molar-refractivity contribution is 0.0938. The number of nitrogens with zero attached hydrogens (tertiary/aromatic N) is 1. The van der Waals surface area contributed by atoms with Crippen LogP contribution in [0.1, 0.15) is 44.7 Å². The second-order valence-corrected chi connectivity index (χ2v) is 5.64. The molecule has 2 heterocycles. The highest BCUT2D eigenvalue weighted by molar-refractivity contribution is 7.14. The van der Waals surface area contributed by atoms with Crippen LogP contribution in [0.25, 0.3) is 0 Å². The van der Waals surface area contributed by atoms with Crippen molar-refractivity contribution in [3.05, 3.63) is 39.2 Å². The Bertz CT molecular complexity index is 706. The van der Waals surface area contributed by atoms with Gasteiger partial charge in [-0.25, -0.2) is 4.98 Å². The molecule has 0 saturated carbocycles. The summed E-state index contributed by atoms with van der Waals surface area (Å²) in [6.07, 6.45) is 1.62. The minimum Gasteiger partial charge on any atom is -0.444 e. The fraction of sp³-hybridized carbons (Fsp3) is 0.333. The smallest absolute Gasteiger partial charge is 0.262 e. The Morgan fingerprint density at radius 2 is 2.33 bits per heavy atom. The van der Waals surface area contributed by atoms with Crippen molar-refractivity contribution in [1.29, 1.82) is 0 Å². The Hall–Kier alpha value is -2.10. The Morgan fingerprint density at radius 1 is 1.57 bits per heavy atom. The Kier molecular flexibility index (Phi) is 4.78. The monoisotopic (exact) mass is 304 g/mol. The molecule has 21 heavy (non-hydrogen) atoms. The van der Waals surface area contributed by atoms with Crippen LogP contribution in [0.4, 0.5) is 0 Å². The van der Waals surface area contributed by atoms with Crippen LogP contribution in [0, 0.1) is 25.7 Å². The van der Waals surface area contributed by atoms with E-state index in [1.807, 2.05) is 13.8 Å². The minimum atomic E-state index is -0.305. The van der Waals surface area contributed by atoms with Crippen LogP contribution in [0.5, 0.6) is 0 Å². The topological polar surface area (TPSA) is 75.4 Å². The second-order valence-electron chi connectivity index (χ2n) is 4.59. The molecule has 0 saturated heterocycles. The van der Waals surface area contributed by atoms with E-state index in [-0.39, 0.29) is 18.6 Å². The number of hydrogen-bond acceptors (Lipinski definition) is 5. The van der Waals surface area contributed by atoms with Gasteiger partial charge in [-0.15, -0.1) is 11.3 Å². The fourth-order valence-electron chi connectivity index (χ4n) is 1.74. The van der Waals surface area contributed by atoms with Crippen LogP contribution in [0.2, 0.25) is 0 Å². The minimum absolute atomic E-state index is 0.191. The number of thiophene rings is 1. The van der Waals surface area contributed by atoms with Crippen LogP contribution in [-0.4, -0.2) is 22.6 Å². The number of aryl methyl sites for hydroxylation is 2. The summed E-state index contributed by atoms with van der Waals surface area (Å²) in [5.41, 5.74) is 0.922. The molecule has 2 aromatic heterocycles. The maximum atomic E-state index is 12.2. The third kappa shape index (κ3) is 3.72. The molecule has 0 bridgehead atoms.